The van der Waals surface area contributed by atoms with Crippen molar-refractivity contribution in [2.45, 2.75) is 38.7 Å². The Morgan fingerprint density at radius 2 is 1.83 bits per heavy atom. The van der Waals surface area contributed by atoms with Crippen LogP contribution in [-0.4, -0.2) is 24.7 Å². The molecule has 0 amide bonds. The maximum atomic E-state index is 12.4. The Hall–Kier alpha value is -1.87. The Kier molecular flexibility index (Phi) is 4.67. The molecule has 3 nitrogen and oxygen atoms in total. The summed E-state index contributed by atoms with van der Waals surface area (Å²) in [5.41, 5.74) is 0.616. The van der Waals surface area contributed by atoms with E-state index in [0.717, 1.165) is 36.9 Å². The lowest BCUT2D eigenvalue weighted by Crippen LogP contribution is -2.43. The summed E-state index contributed by atoms with van der Waals surface area (Å²) in [6, 6.07) is 14.4. The number of ether oxygens (including phenoxy) is 1. The first-order valence-electron chi connectivity index (χ1n) is 8.45. The average molecular weight is 311 g/mol. The van der Waals surface area contributed by atoms with E-state index in [0.29, 0.717) is 12.3 Å². The Balaban J connectivity index is 1.65. The van der Waals surface area contributed by atoms with Crippen LogP contribution >= 0.6 is 0 Å². The molecule has 0 radical (unpaired) electrons. The molecule has 1 fully saturated rings. The summed E-state index contributed by atoms with van der Waals surface area (Å²) in [5.74, 6) is 0.299. The van der Waals surface area contributed by atoms with Crippen LogP contribution in [0.1, 0.15) is 32.3 Å². The third-order valence-electron chi connectivity index (χ3n) is 4.86. The van der Waals surface area contributed by atoms with E-state index in [4.69, 9.17) is 4.74 Å². The van der Waals surface area contributed by atoms with Crippen molar-refractivity contribution in [3.63, 3.8) is 0 Å². The van der Waals surface area contributed by atoms with Gasteiger partial charge in [0, 0.05) is 5.92 Å². The summed E-state index contributed by atoms with van der Waals surface area (Å²) >= 11 is 0. The Morgan fingerprint density at radius 1 is 1.13 bits per heavy atom. The number of nitrogens with one attached hydrogen (secondary N) is 1. The molecule has 2 aromatic carbocycles. The van der Waals surface area contributed by atoms with Gasteiger partial charge in [-0.3, -0.25) is 4.79 Å². The van der Waals surface area contributed by atoms with Crippen LogP contribution in [-0.2, 0) is 16.0 Å². The molecule has 0 aliphatic carbocycles. The standard InChI is InChI=1S/C20H25NO2/c1-20(2,18-9-11-21-12-10-18)23-19(22)14-15-7-8-16-5-3-4-6-17(16)13-15/h3-8,13,18,21H,9-12,14H2,1-2H3. The normalized spacial score (nSPS) is 16.4. The highest BCUT2D eigenvalue weighted by atomic mass is 16.6. The van der Waals surface area contributed by atoms with E-state index < -0.39 is 5.60 Å². The number of hydrogen-bond donors (Lipinski definition) is 1. The van der Waals surface area contributed by atoms with Crippen LogP contribution in [0.5, 0.6) is 0 Å². The lowest BCUT2D eigenvalue weighted by atomic mass is 9.83. The quantitative estimate of drug-likeness (QED) is 0.875. The molecule has 1 heterocycles. The number of rotatable bonds is 4. The van der Waals surface area contributed by atoms with Crippen molar-refractivity contribution in [3.05, 3.63) is 48.0 Å². The van der Waals surface area contributed by atoms with Gasteiger partial charge in [0.1, 0.15) is 5.60 Å². The third kappa shape index (κ3) is 3.91. The minimum absolute atomic E-state index is 0.135. The molecule has 23 heavy (non-hydrogen) atoms. The minimum Gasteiger partial charge on any atom is -0.459 e. The van der Waals surface area contributed by atoms with Crippen molar-refractivity contribution in [1.29, 1.82) is 0 Å². The summed E-state index contributed by atoms with van der Waals surface area (Å²) in [5, 5.41) is 5.71. The zero-order chi connectivity index (χ0) is 16.3. The van der Waals surface area contributed by atoms with Gasteiger partial charge in [0.15, 0.2) is 0 Å². The van der Waals surface area contributed by atoms with E-state index in [-0.39, 0.29) is 5.97 Å². The molecule has 0 saturated carbocycles. The lowest BCUT2D eigenvalue weighted by Gasteiger charge is -2.36. The lowest BCUT2D eigenvalue weighted by molar-refractivity contribution is -0.161. The number of carbonyl (C=O) groups is 1. The van der Waals surface area contributed by atoms with Crippen LogP contribution < -0.4 is 5.32 Å². The van der Waals surface area contributed by atoms with Gasteiger partial charge in [0.2, 0.25) is 0 Å². The van der Waals surface area contributed by atoms with Gasteiger partial charge in [0.25, 0.3) is 0 Å². The van der Waals surface area contributed by atoms with Crippen LogP contribution in [0.25, 0.3) is 10.8 Å². The number of piperidine rings is 1. The second-order valence-electron chi connectivity index (χ2n) is 6.96. The highest BCUT2D eigenvalue weighted by Gasteiger charge is 2.33. The van der Waals surface area contributed by atoms with Crippen molar-refractivity contribution >= 4 is 16.7 Å². The molecular weight excluding hydrogens is 286 g/mol. The molecule has 1 N–H and O–H groups in total. The first-order chi connectivity index (χ1) is 11.0. The molecule has 1 aliphatic rings. The molecule has 3 rings (SSSR count). The fourth-order valence-electron chi connectivity index (χ4n) is 3.45. The molecule has 0 spiro atoms. The summed E-state index contributed by atoms with van der Waals surface area (Å²) in [6.07, 6.45) is 2.46. The highest BCUT2D eigenvalue weighted by molar-refractivity contribution is 5.84. The van der Waals surface area contributed by atoms with Gasteiger partial charge in [-0.1, -0.05) is 42.5 Å². The van der Waals surface area contributed by atoms with E-state index in [1.807, 2.05) is 32.0 Å². The fraction of sp³-hybridized carbons (Fsp3) is 0.450. The molecule has 3 heteroatoms. The fourth-order valence-corrected chi connectivity index (χ4v) is 3.45. The van der Waals surface area contributed by atoms with Crippen LogP contribution in [0, 0.1) is 5.92 Å². The molecule has 1 aliphatic heterocycles. The van der Waals surface area contributed by atoms with Gasteiger partial charge < -0.3 is 10.1 Å². The molecule has 1 saturated heterocycles. The second-order valence-corrected chi connectivity index (χ2v) is 6.96. The second kappa shape index (κ2) is 6.71. The smallest absolute Gasteiger partial charge is 0.310 e. The van der Waals surface area contributed by atoms with E-state index in [1.54, 1.807) is 0 Å². The predicted molar refractivity (Wildman–Crippen MR) is 93.4 cm³/mol. The SMILES string of the molecule is CC(C)(OC(=O)Cc1ccc2ccccc2c1)C1CCNCC1. The number of esters is 1. The number of benzene rings is 2. The molecular formula is C20H25NO2. The van der Waals surface area contributed by atoms with E-state index >= 15 is 0 Å². The van der Waals surface area contributed by atoms with Crippen molar-refractivity contribution in [3.8, 4) is 0 Å². The van der Waals surface area contributed by atoms with Gasteiger partial charge in [-0.05, 0) is 56.1 Å². The molecule has 0 unspecified atom stereocenters. The van der Waals surface area contributed by atoms with Crippen LogP contribution in [0.4, 0.5) is 0 Å². The largest absolute Gasteiger partial charge is 0.459 e. The third-order valence-corrected chi connectivity index (χ3v) is 4.86. The first kappa shape index (κ1) is 16.0. The average Bonchev–Trinajstić information content (AvgIpc) is 2.55. The monoisotopic (exact) mass is 311 g/mol. The van der Waals surface area contributed by atoms with Gasteiger partial charge in [-0.25, -0.2) is 0 Å². The zero-order valence-corrected chi connectivity index (χ0v) is 14.0. The van der Waals surface area contributed by atoms with Crippen LogP contribution in [0.15, 0.2) is 42.5 Å². The van der Waals surface area contributed by atoms with Crippen molar-refractivity contribution in [1.82, 2.24) is 5.32 Å². The minimum atomic E-state index is -0.393. The predicted octanol–water partition coefficient (Wildman–Crippen LogP) is 3.70. The van der Waals surface area contributed by atoms with E-state index in [9.17, 15) is 4.79 Å². The summed E-state index contributed by atoms with van der Waals surface area (Å²) in [6.45, 7) is 6.11. The molecule has 122 valence electrons. The van der Waals surface area contributed by atoms with Crippen molar-refractivity contribution in [2.24, 2.45) is 5.92 Å². The molecule has 2 aromatic rings. The Labute approximate surface area is 138 Å². The number of fused-ring (bicyclic) bond motifs is 1. The van der Waals surface area contributed by atoms with Gasteiger partial charge >= 0.3 is 5.97 Å². The van der Waals surface area contributed by atoms with Gasteiger partial charge in [-0.15, -0.1) is 0 Å². The molecule has 0 bridgehead atoms. The topological polar surface area (TPSA) is 38.3 Å². The van der Waals surface area contributed by atoms with Gasteiger partial charge in [-0.2, -0.15) is 0 Å². The molecule has 0 atom stereocenters. The Morgan fingerprint density at radius 3 is 2.57 bits per heavy atom. The summed E-state index contributed by atoms with van der Waals surface area (Å²) < 4.78 is 5.83. The summed E-state index contributed by atoms with van der Waals surface area (Å²) in [4.78, 5) is 12.4. The van der Waals surface area contributed by atoms with Crippen LogP contribution in [0.3, 0.4) is 0 Å². The van der Waals surface area contributed by atoms with Crippen molar-refractivity contribution < 1.29 is 9.53 Å². The maximum Gasteiger partial charge on any atom is 0.310 e. The number of carbonyl (C=O) groups excluding carboxylic acids is 1. The zero-order valence-electron chi connectivity index (χ0n) is 14.0. The number of hydrogen-bond acceptors (Lipinski definition) is 3. The summed E-state index contributed by atoms with van der Waals surface area (Å²) in [7, 11) is 0. The van der Waals surface area contributed by atoms with E-state index in [2.05, 4.69) is 29.6 Å². The highest BCUT2D eigenvalue weighted by Crippen LogP contribution is 2.29. The molecule has 0 aromatic heterocycles. The van der Waals surface area contributed by atoms with Crippen molar-refractivity contribution in [2.75, 3.05) is 13.1 Å². The Bertz CT molecular complexity index is 687. The maximum absolute atomic E-state index is 12.4. The van der Waals surface area contributed by atoms with Crippen LogP contribution in [0.2, 0.25) is 0 Å². The van der Waals surface area contributed by atoms with E-state index in [1.165, 1.54) is 5.39 Å². The first-order valence-corrected chi connectivity index (χ1v) is 8.45. The van der Waals surface area contributed by atoms with Gasteiger partial charge in [0.05, 0.1) is 6.42 Å².